The Morgan fingerprint density at radius 1 is 1.14 bits per heavy atom. The maximum absolute atomic E-state index is 12.6. The predicted octanol–water partition coefficient (Wildman–Crippen LogP) is 4.33. The topological polar surface area (TPSA) is 32.3 Å². The number of rotatable bonds is 4. The first-order chi connectivity index (χ1) is 10.3. The molecular formula is C18H24N2OS. The Labute approximate surface area is 137 Å². The third kappa shape index (κ3) is 3.89. The zero-order valence-corrected chi connectivity index (χ0v) is 14.7. The van der Waals surface area contributed by atoms with E-state index in [1.54, 1.807) is 11.3 Å². The van der Waals surface area contributed by atoms with E-state index in [-0.39, 0.29) is 17.4 Å². The van der Waals surface area contributed by atoms with E-state index in [2.05, 4.69) is 32.2 Å². The first-order valence-electron chi connectivity index (χ1n) is 7.40. The van der Waals surface area contributed by atoms with Crippen molar-refractivity contribution in [3.8, 4) is 0 Å². The van der Waals surface area contributed by atoms with Crippen LogP contribution in [-0.2, 0) is 0 Å². The average Bonchev–Trinajstić information content (AvgIpc) is 2.97. The zero-order valence-electron chi connectivity index (χ0n) is 13.9. The second-order valence-electron chi connectivity index (χ2n) is 6.73. The monoisotopic (exact) mass is 316 g/mol. The summed E-state index contributed by atoms with van der Waals surface area (Å²) in [6.45, 7) is 6.44. The van der Waals surface area contributed by atoms with E-state index in [1.165, 1.54) is 4.88 Å². The Balaban J connectivity index is 2.18. The maximum Gasteiger partial charge on any atom is 0.251 e. The molecule has 1 atom stereocenters. The smallest absolute Gasteiger partial charge is 0.251 e. The molecule has 1 aromatic carbocycles. The Kier molecular flexibility index (Phi) is 4.91. The van der Waals surface area contributed by atoms with Crippen LogP contribution in [0.4, 0.5) is 5.69 Å². The van der Waals surface area contributed by atoms with Gasteiger partial charge in [-0.2, -0.15) is 0 Å². The molecule has 1 heterocycles. The predicted molar refractivity (Wildman–Crippen MR) is 94.8 cm³/mol. The van der Waals surface area contributed by atoms with Crippen molar-refractivity contribution in [1.29, 1.82) is 0 Å². The van der Waals surface area contributed by atoms with Gasteiger partial charge < -0.3 is 10.2 Å². The van der Waals surface area contributed by atoms with Crippen molar-refractivity contribution < 1.29 is 4.79 Å². The van der Waals surface area contributed by atoms with E-state index in [0.29, 0.717) is 5.56 Å². The van der Waals surface area contributed by atoms with Crippen LogP contribution in [0.25, 0.3) is 0 Å². The Morgan fingerprint density at radius 2 is 1.77 bits per heavy atom. The van der Waals surface area contributed by atoms with E-state index < -0.39 is 0 Å². The largest absolute Gasteiger partial charge is 0.378 e. The Morgan fingerprint density at radius 3 is 2.23 bits per heavy atom. The number of anilines is 1. The van der Waals surface area contributed by atoms with Gasteiger partial charge >= 0.3 is 0 Å². The molecular weight excluding hydrogens is 292 g/mol. The van der Waals surface area contributed by atoms with Crippen LogP contribution in [0.15, 0.2) is 41.8 Å². The third-order valence-corrected chi connectivity index (χ3v) is 4.55. The van der Waals surface area contributed by atoms with E-state index in [1.807, 2.05) is 54.7 Å². The van der Waals surface area contributed by atoms with Crippen LogP contribution in [0.2, 0.25) is 0 Å². The highest BCUT2D eigenvalue weighted by molar-refractivity contribution is 7.10. The number of carbonyl (C=O) groups is 1. The summed E-state index contributed by atoms with van der Waals surface area (Å²) in [6, 6.07) is 11.8. The van der Waals surface area contributed by atoms with Crippen LogP contribution in [0, 0.1) is 5.41 Å². The summed E-state index contributed by atoms with van der Waals surface area (Å²) in [7, 11) is 3.98. The summed E-state index contributed by atoms with van der Waals surface area (Å²) in [5, 5.41) is 5.23. The first-order valence-corrected chi connectivity index (χ1v) is 8.28. The molecule has 0 bridgehead atoms. The minimum Gasteiger partial charge on any atom is -0.378 e. The van der Waals surface area contributed by atoms with Crippen molar-refractivity contribution in [2.24, 2.45) is 5.41 Å². The zero-order chi connectivity index (χ0) is 16.3. The van der Waals surface area contributed by atoms with E-state index >= 15 is 0 Å². The fourth-order valence-electron chi connectivity index (χ4n) is 2.30. The highest BCUT2D eigenvalue weighted by atomic mass is 32.1. The van der Waals surface area contributed by atoms with Gasteiger partial charge in [0.15, 0.2) is 0 Å². The number of nitrogens with one attached hydrogen (secondary N) is 1. The van der Waals surface area contributed by atoms with Crippen molar-refractivity contribution in [2.75, 3.05) is 19.0 Å². The lowest BCUT2D eigenvalue weighted by molar-refractivity contribution is 0.0903. The Bertz CT molecular complexity index is 610. The number of hydrogen-bond donors (Lipinski definition) is 1. The summed E-state index contributed by atoms with van der Waals surface area (Å²) < 4.78 is 0. The number of thiophene rings is 1. The summed E-state index contributed by atoms with van der Waals surface area (Å²) >= 11 is 1.68. The van der Waals surface area contributed by atoms with Crippen molar-refractivity contribution >= 4 is 22.9 Å². The van der Waals surface area contributed by atoms with E-state index in [4.69, 9.17) is 0 Å². The number of benzene rings is 1. The van der Waals surface area contributed by atoms with Crippen LogP contribution >= 0.6 is 11.3 Å². The van der Waals surface area contributed by atoms with Crippen molar-refractivity contribution in [1.82, 2.24) is 5.32 Å². The normalized spacial score (nSPS) is 12.8. The van der Waals surface area contributed by atoms with Gasteiger partial charge in [0.05, 0.1) is 6.04 Å². The van der Waals surface area contributed by atoms with Crippen LogP contribution in [0.3, 0.4) is 0 Å². The van der Waals surface area contributed by atoms with Gasteiger partial charge in [-0.15, -0.1) is 11.3 Å². The van der Waals surface area contributed by atoms with Gasteiger partial charge in [0.25, 0.3) is 5.91 Å². The minimum atomic E-state index is -0.0376. The fraction of sp³-hybridized carbons (Fsp3) is 0.389. The molecule has 1 unspecified atom stereocenters. The van der Waals surface area contributed by atoms with Crippen LogP contribution in [-0.4, -0.2) is 20.0 Å². The SMILES string of the molecule is CN(C)c1ccc(C(=O)NC(c2cccs2)C(C)(C)C)cc1. The third-order valence-electron chi connectivity index (χ3n) is 3.62. The standard InChI is InChI=1S/C18H24N2OS/c1-18(2,3)16(15-7-6-12-22-15)19-17(21)13-8-10-14(11-9-13)20(4)5/h6-12,16H,1-5H3,(H,19,21). The summed E-state index contributed by atoms with van der Waals surface area (Å²) in [4.78, 5) is 15.8. The number of amides is 1. The van der Waals surface area contributed by atoms with Gasteiger partial charge in [-0.25, -0.2) is 0 Å². The Hall–Kier alpha value is -1.81. The number of nitrogens with zero attached hydrogens (tertiary/aromatic N) is 1. The van der Waals surface area contributed by atoms with Crippen LogP contribution in [0.5, 0.6) is 0 Å². The van der Waals surface area contributed by atoms with Gasteiger partial charge in [0.1, 0.15) is 0 Å². The highest BCUT2D eigenvalue weighted by Gasteiger charge is 2.28. The molecule has 22 heavy (non-hydrogen) atoms. The molecule has 118 valence electrons. The molecule has 0 saturated heterocycles. The molecule has 0 aliphatic heterocycles. The molecule has 0 fully saturated rings. The molecule has 1 N–H and O–H groups in total. The number of carbonyl (C=O) groups excluding carboxylic acids is 1. The minimum absolute atomic E-state index is 0.00789. The van der Waals surface area contributed by atoms with Crippen LogP contribution < -0.4 is 10.2 Å². The molecule has 2 rings (SSSR count). The molecule has 0 spiro atoms. The molecule has 2 aromatic rings. The molecule has 0 aliphatic rings. The molecule has 1 amide bonds. The van der Waals surface area contributed by atoms with Gasteiger partial charge in [0.2, 0.25) is 0 Å². The summed E-state index contributed by atoms with van der Waals surface area (Å²) in [5.41, 5.74) is 1.74. The van der Waals surface area contributed by atoms with Crippen molar-refractivity contribution in [2.45, 2.75) is 26.8 Å². The summed E-state index contributed by atoms with van der Waals surface area (Å²) in [5.74, 6) is -0.0290. The van der Waals surface area contributed by atoms with Crippen LogP contribution in [0.1, 0.15) is 42.0 Å². The van der Waals surface area contributed by atoms with Gasteiger partial charge in [0, 0.05) is 30.2 Å². The first kappa shape index (κ1) is 16.6. The lowest BCUT2D eigenvalue weighted by atomic mass is 9.85. The van der Waals surface area contributed by atoms with Gasteiger partial charge in [-0.3, -0.25) is 4.79 Å². The average molecular weight is 316 g/mol. The fourth-order valence-corrected chi connectivity index (χ4v) is 3.32. The highest BCUT2D eigenvalue weighted by Crippen LogP contribution is 2.35. The maximum atomic E-state index is 12.6. The molecule has 0 aliphatic carbocycles. The van der Waals surface area contributed by atoms with E-state index in [9.17, 15) is 4.79 Å². The van der Waals surface area contributed by atoms with Gasteiger partial charge in [-0.1, -0.05) is 26.8 Å². The molecule has 4 heteroatoms. The number of hydrogen-bond acceptors (Lipinski definition) is 3. The van der Waals surface area contributed by atoms with E-state index in [0.717, 1.165) is 5.69 Å². The molecule has 3 nitrogen and oxygen atoms in total. The lowest BCUT2D eigenvalue weighted by Gasteiger charge is -2.30. The summed E-state index contributed by atoms with van der Waals surface area (Å²) in [6.07, 6.45) is 0. The second kappa shape index (κ2) is 6.53. The molecule has 1 aromatic heterocycles. The quantitative estimate of drug-likeness (QED) is 0.910. The van der Waals surface area contributed by atoms with Crippen molar-refractivity contribution in [3.63, 3.8) is 0 Å². The van der Waals surface area contributed by atoms with Crippen molar-refractivity contribution in [3.05, 3.63) is 52.2 Å². The second-order valence-corrected chi connectivity index (χ2v) is 7.71. The van der Waals surface area contributed by atoms with Gasteiger partial charge in [-0.05, 0) is 41.1 Å². The lowest BCUT2D eigenvalue weighted by Crippen LogP contribution is -2.36. The molecule has 0 radical (unpaired) electrons. The molecule has 0 saturated carbocycles.